The lowest BCUT2D eigenvalue weighted by Gasteiger charge is -2.06. The summed E-state index contributed by atoms with van der Waals surface area (Å²) in [4.78, 5) is 12.2. The first-order chi connectivity index (χ1) is 9.86. The largest absolute Gasteiger partial charge is 0.289 e. The van der Waals surface area contributed by atoms with Gasteiger partial charge in [-0.3, -0.25) is 9.48 Å². The van der Waals surface area contributed by atoms with Crippen LogP contribution in [0.2, 0.25) is 0 Å². The molecule has 21 heavy (non-hydrogen) atoms. The van der Waals surface area contributed by atoms with Crippen LogP contribution < -0.4 is 5.56 Å². The minimum absolute atomic E-state index is 0.123. The smallest absolute Gasteiger partial charge is 0.272 e. The van der Waals surface area contributed by atoms with Crippen LogP contribution in [0.4, 0.5) is 0 Å². The van der Waals surface area contributed by atoms with E-state index >= 15 is 0 Å². The highest BCUT2D eigenvalue weighted by Gasteiger charge is 2.10. The molecule has 0 spiro atoms. The van der Waals surface area contributed by atoms with E-state index < -0.39 is 5.56 Å². The zero-order chi connectivity index (χ0) is 15.7. The van der Waals surface area contributed by atoms with Gasteiger partial charge in [-0.25, -0.2) is 4.68 Å². The van der Waals surface area contributed by atoms with E-state index in [1.165, 1.54) is 4.68 Å². The van der Waals surface area contributed by atoms with Crippen LogP contribution in [-0.2, 0) is 7.05 Å². The number of aromatic nitrogens is 3. The van der Waals surface area contributed by atoms with Crippen LogP contribution in [0.5, 0.6) is 0 Å². The van der Waals surface area contributed by atoms with Crippen molar-refractivity contribution < 1.29 is 0 Å². The lowest BCUT2D eigenvalue weighted by molar-refractivity contribution is 0.731. The molecule has 0 saturated heterocycles. The molecule has 108 valence electrons. The molecular formula is C15H17N5O. The van der Waals surface area contributed by atoms with Gasteiger partial charge in [0.2, 0.25) is 0 Å². The highest BCUT2D eigenvalue weighted by molar-refractivity contribution is 5.82. The van der Waals surface area contributed by atoms with Gasteiger partial charge in [-0.15, -0.1) is 0 Å². The fourth-order valence-corrected chi connectivity index (χ4v) is 2.25. The lowest BCUT2D eigenvalue weighted by Crippen LogP contribution is -2.22. The average Bonchev–Trinajstić information content (AvgIpc) is 2.64. The van der Waals surface area contributed by atoms with Crippen molar-refractivity contribution in [2.45, 2.75) is 27.7 Å². The first-order valence-corrected chi connectivity index (χ1v) is 6.54. The predicted octanol–water partition coefficient (Wildman–Crippen LogP) is 1.57. The summed E-state index contributed by atoms with van der Waals surface area (Å²) >= 11 is 0. The highest BCUT2D eigenvalue weighted by atomic mass is 16.1. The summed E-state index contributed by atoms with van der Waals surface area (Å²) in [5.74, 6) is 0. The van der Waals surface area contributed by atoms with Crippen LogP contribution in [0.3, 0.4) is 0 Å². The standard InChI is InChI=1S/C15H17N5O/c1-9-6-10(2)20(15(21)13(9)7-16)17-8-14-11(3)18-19(5)12(14)4/h6,8H,1-5H3. The maximum absolute atomic E-state index is 12.2. The summed E-state index contributed by atoms with van der Waals surface area (Å²) in [6, 6.07) is 3.71. The van der Waals surface area contributed by atoms with Gasteiger partial charge in [0.25, 0.3) is 5.56 Å². The van der Waals surface area contributed by atoms with E-state index in [2.05, 4.69) is 10.2 Å². The monoisotopic (exact) mass is 283 g/mol. The first kappa shape index (κ1) is 14.7. The van der Waals surface area contributed by atoms with Crippen LogP contribution in [0.25, 0.3) is 0 Å². The van der Waals surface area contributed by atoms with Gasteiger partial charge >= 0.3 is 0 Å². The molecule has 2 aromatic heterocycles. The van der Waals surface area contributed by atoms with E-state index in [4.69, 9.17) is 5.26 Å². The van der Waals surface area contributed by atoms with Gasteiger partial charge in [-0.05, 0) is 39.3 Å². The van der Waals surface area contributed by atoms with Gasteiger partial charge < -0.3 is 0 Å². The summed E-state index contributed by atoms with van der Waals surface area (Å²) in [7, 11) is 1.86. The van der Waals surface area contributed by atoms with Crippen LogP contribution in [0, 0.1) is 39.0 Å². The Morgan fingerprint density at radius 2 is 2.00 bits per heavy atom. The molecule has 0 saturated carbocycles. The SMILES string of the molecule is Cc1cc(C)n(N=Cc2c(C)nn(C)c2C)c(=O)c1C#N. The maximum atomic E-state index is 12.2. The number of pyridine rings is 1. The van der Waals surface area contributed by atoms with E-state index in [0.29, 0.717) is 11.3 Å². The van der Waals surface area contributed by atoms with E-state index in [-0.39, 0.29) is 5.56 Å². The fraction of sp³-hybridized carbons (Fsp3) is 0.333. The van der Waals surface area contributed by atoms with Crippen molar-refractivity contribution in [1.82, 2.24) is 14.5 Å². The zero-order valence-electron chi connectivity index (χ0n) is 12.8. The van der Waals surface area contributed by atoms with E-state index in [9.17, 15) is 4.79 Å². The van der Waals surface area contributed by atoms with Gasteiger partial charge in [-0.1, -0.05) is 0 Å². The zero-order valence-corrected chi connectivity index (χ0v) is 12.8. The summed E-state index contributed by atoms with van der Waals surface area (Å²) in [5, 5.41) is 17.6. The van der Waals surface area contributed by atoms with Crippen LogP contribution in [0.1, 0.15) is 33.8 Å². The molecule has 0 amide bonds. The molecule has 2 heterocycles. The summed E-state index contributed by atoms with van der Waals surface area (Å²) in [5.41, 5.74) is 3.77. The average molecular weight is 283 g/mol. The molecule has 2 rings (SSSR count). The molecule has 0 radical (unpaired) electrons. The van der Waals surface area contributed by atoms with Crippen LogP contribution in [-0.4, -0.2) is 20.7 Å². The van der Waals surface area contributed by atoms with Crippen LogP contribution >= 0.6 is 0 Å². The van der Waals surface area contributed by atoms with Gasteiger partial charge in [0.1, 0.15) is 11.6 Å². The van der Waals surface area contributed by atoms with Gasteiger partial charge in [0.15, 0.2) is 0 Å². The van der Waals surface area contributed by atoms with E-state index in [1.807, 2.05) is 27.0 Å². The number of hydrogen-bond donors (Lipinski definition) is 0. The Morgan fingerprint density at radius 1 is 1.33 bits per heavy atom. The Bertz CT molecular complexity index is 833. The number of aryl methyl sites for hydroxylation is 4. The van der Waals surface area contributed by atoms with Crippen molar-refractivity contribution in [3.63, 3.8) is 0 Å². The molecule has 0 aromatic carbocycles. The second-order valence-corrected chi connectivity index (χ2v) is 5.03. The molecule has 2 aromatic rings. The fourth-order valence-electron chi connectivity index (χ4n) is 2.25. The minimum atomic E-state index is -0.398. The van der Waals surface area contributed by atoms with Crippen molar-refractivity contribution in [2.75, 3.05) is 0 Å². The Kier molecular flexibility index (Phi) is 3.76. The number of nitriles is 1. The molecular weight excluding hydrogens is 266 g/mol. The third kappa shape index (κ3) is 2.50. The highest BCUT2D eigenvalue weighted by Crippen LogP contribution is 2.10. The van der Waals surface area contributed by atoms with Crippen molar-refractivity contribution >= 4 is 6.21 Å². The Labute approximate surface area is 122 Å². The summed E-state index contributed by atoms with van der Waals surface area (Å²) in [6.45, 7) is 7.36. The quantitative estimate of drug-likeness (QED) is 0.785. The van der Waals surface area contributed by atoms with Crippen molar-refractivity contribution in [3.05, 3.63) is 50.2 Å². The third-order valence-electron chi connectivity index (χ3n) is 3.54. The Hall–Kier alpha value is -2.68. The van der Waals surface area contributed by atoms with Gasteiger partial charge in [0.05, 0.1) is 11.9 Å². The minimum Gasteiger partial charge on any atom is -0.272 e. The third-order valence-corrected chi connectivity index (χ3v) is 3.54. The summed E-state index contributed by atoms with van der Waals surface area (Å²) < 4.78 is 3.01. The number of rotatable bonds is 2. The molecule has 0 bridgehead atoms. The van der Waals surface area contributed by atoms with E-state index in [1.54, 1.807) is 30.8 Å². The maximum Gasteiger partial charge on any atom is 0.289 e. The molecule has 6 nitrogen and oxygen atoms in total. The number of nitrogens with zero attached hydrogens (tertiary/aromatic N) is 5. The molecule has 0 aliphatic carbocycles. The first-order valence-electron chi connectivity index (χ1n) is 6.54. The molecule has 6 heteroatoms. The molecule has 0 unspecified atom stereocenters. The van der Waals surface area contributed by atoms with E-state index in [0.717, 1.165) is 17.0 Å². The Balaban J connectivity index is 2.57. The van der Waals surface area contributed by atoms with Crippen LogP contribution in [0.15, 0.2) is 16.0 Å². The van der Waals surface area contributed by atoms with Crippen molar-refractivity contribution in [1.29, 1.82) is 5.26 Å². The molecule has 0 aliphatic rings. The number of hydrogen-bond acceptors (Lipinski definition) is 4. The lowest BCUT2D eigenvalue weighted by atomic mass is 10.1. The summed E-state index contributed by atoms with van der Waals surface area (Å²) in [6.07, 6.45) is 1.61. The van der Waals surface area contributed by atoms with Crippen molar-refractivity contribution in [2.24, 2.45) is 12.1 Å². The van der Waals surface area contributed by atoms with Crippen molar-refractivity contribution in [3.8, 4) is 6.07 Å². The second-order valence-electron chi connectivity index (χ2n) is 5.03. The molecule has 0 atom stereocenters. The molecule has 0 fully saturated rings. The molecule has 0 N–H and O–H groups in total. The normalized spacial score (nSPS) is 11.0. The molecule has 0 aliphatic heterocycles. The van der Waals surface area contributed by atoms with Gasteiger partial charge in [0, 0.05) is 24.0 Å². The topological polar surface area (TPSA) is 76.0 Å². The van der Waals surface area contributed by atoms with Gasteiger partial charge in [-0.2, -0.15) is 15.5 Å². The second kappa shape index (κ2) is 5.37. The Morgan fingerprint density at radius 3 is 2.52 bits per heavy atom. The predicted molar refractivity (Wildman–Crippen MR) is 80.6 cm³/mol.